The monoisotopic (exact) mass is 394 g/mol. The van der Waals surface area contributed by atoms with Crippen molar-refractivity contribution in [1.82, 2.24) is 5.32 Å². The summed E-state index contributed by atoms with van der Waals surface area (Å²) in [7, 11) is 2.99. The molecule has 144 valence electrons. The molecule has 0 heterocycles. The van der Waals surface area contributed by atoms with E-state index in [1.165, 1.54) is 26.5 Å². The Balaban J connectivity index is 1.83. The number of ether oxygens (including phenoxy) is 2. The van der Waals surface area contributed by atoms with Crippen LogP contribution < -0.4 is 14.8 Å². The quantitative estimate of drug-likeness (QED) is 0.550. The number of nitrogens with one attached hydrogen (secondary N) is 1. The molecule has 27 heavy (non-hydrogen) atoms. The smallest absolute Gasteiger partial charge is 0.261 e. The summed E-state index contributed by atoms with van der Waals surface area (Å²) in [6, 6.07) is 8.09. The van der Waals surface area contributed by atoms with Crippen molar-refractivity contribution < 1.29 is 23.5 Å². The average Bonchev–Trinajstić information content (AvgIpc) is 2.65. The lowest BCUT2D eigenvalue weighted by Crippen LogP contribution is -2.26. The summed E-state index contributed by atoms with van der Waals surface area (Å²) >= 11 is 6.10. The van der Waals surface area contributed by atoms with E-state index >= 15 is 0 Å². The van der Waals surface area contributed by atoms with E-state index in [1.54, 1.807) is 31.2 Å². The van der Waals surface area contributed by atoms with Gasteiger partial charge in [-0.05, 0) is 36.2 Å². The lowest BCUT2D eigenvalue weighted by atomic mass is 10.1. The van der Waals surface area contributed by atoms with E-state index < -0.39 is 0 Å². The highest BCUT2D eigenvalue weighted by Crippen LogP contribution is 2.35. The summed E-state index contributed by atoms with van der Waals surface area (Å²) < 4.78 is 23.8. The third-order valence-corrected chi connectivity index (χ3v) is 3.93. The van der Waals surface area contributed by atoms with Crippen LogP contribution in [0, 0.1) is 12.7 Å². The largest absolute Gasteiger partial charge is 0.493 e. The second-order valence-electron chi connectivity index (χ2n) is 5.61. The van der Waals surface area contributed by atoms with E-state index in [9.17, 15) is 9.18 Å². The summed E-state index contributed by atoms with van der Waals surface area (Å²) in [6.07, 6.45) is 1.40. The van der Waals surface area contributed by atoms with Crippen LogP contribution in [0.2, 0.25) is 5.02 Å². The molecule has 6 nitrogen and oxygen atoms in total. The highest BCUT2D eigenvalue weighted by Gasteiger charge is 2.10. The molecule has 2 aromatic rings. The van der Waals surface area contributed by atoms with E-state index in [4.69, 9.17) is 25.9 Å². The Morgan fingerprint density at radius 3 is 2.70 bits per heavy atom. The number of hydrogen-bond acceptors (Lipinski definition) is 5. The van der Waals surface area contributed by atoms with Crippen molar-refractivity contribution in [3.05, 3.63) is 57.9 Å². The van der Waals surface area contributed by atoms with Crippen molar-refractivity contribution in [1.29, 1.82) is 0 Å². The molecule has 0 fully saturated rings. The first-order chi connectivity index (χ1) is 12.9. The summed E-state index contributed by atoms with van der Waals surface area (Å²) in [6.45, 7) is 1.61. The summed E-state index contributed by atoms with van der Waals surface area (Å²) in [5, 5.41) is 6.72. The fraction of sp³-hybridized carbons (Fsp3) is 0.263. The van der Waals surface area contributed by atoms with Crippen molar-refractivity contribution in [2.75, 3.05) is 20.8 Å². The third kappa shape index (κ3) is 5.86. The molecule has 0 aliphatic carbocycles. The molecule has 2 aromatic carbocycles. The first kappa shape index (κ1) is 20.5. The first-order valence-corrected chi connectivity index (χ1v) is 8.41. The van der Waals surface area contributed by atoms with Crippen molar-refractivity contribution in [2.24, 2.45) is 5.16 Å². The van der Waals surface area contributed by atoms with Crippen LogP contribution >= 0.6 is 11.6 Å². The zero-order chi connectivity index (χ0) is 19.8. The number of carbonyl (C=O) groups excluding carboxylic acids is 1. The van der Waals surface area contributed by atoms with E-state index in [0.717, 1.165) is 0 Å². The van der Waals surface area contributed by atoms with Crippen molar-refractivity contribution >= 4 is 23.7 Å². The van der Waals surface area contributed by atoms with Gasteiger partial charge >= 0.3 is 0 Å². The highest BCUT2D eigenvalue weighted by atomic mass is 35.5. The summed E-state index contributed by atoms with van der Waals surface area (Å²) in [5.41, 5.74) is 1.83. The Morgan fingerprint density at radius 2 is 2.04 bits per heavy atom. The molecular formula is C19H20ClFN2O4. The number of hydrogen-bond donors (Lipinski definition) is 1. The second kappa shape index (κ2) is 9.78. The van der Waals surface area contributed by atoms with E-state index in [0.29, 0.717) is 33.2 Å². The fourth-order valence-electron chi connectivity index (χ4n) is 2.20. The molecule has 2 rings (SSSR count). The Kier molecular flexibility index (Phi) is 7.43. The average molecular weight is 395 g/mol. The van der Waals surface area contributed by atoms with Crippen LogP contribution in [0.5, 0.6) is 11.5 Å². The zero-order valence-corrected chi connectivity index (χ0v) is 16.0. The molecule has 0 aliphatic rings. The van der Waals surface area contributed by atoms with Gasteiger partial charge in [-0.25, -0.2) is 4.39 Å². The fourth-order valence-corrected chi connectivity index (χ4v) is 2.50. The first-order valence-electron chi connectivity index (χ1n) is 8.03. The number of methoxy groups -OCH3 is 2. The zero-order valence-electron chi connectivity index (χ0n) is 15.2. The second-order valence-corrected chi connectivity index (χ2v) is 6.01. The van der Waals surface area contributed by atoms with Crippen molar-refractivity contribution in [3.63, 3.8) is 0 Å². The van der Waals surface area contributed by atoms with Crippen LogP contribution in [0.25, 0.3) is 0 Å². The van der Waals surface area contributed by atoms with Gasteiger partial charge in [0.25, 0.3) is 5.91 Å². The normalized spacial score (nSPS) is 10.7. The third-order valence-electron chi connectivity index (χ3n) is 3.65. The van der Waals surface area contributed by atoms with Gasteiger partial charge in [-0.2, -0.15) is 0 Å². The van der Waals surface area contributed by atoms with Gasteiger partial charge in [0.1, 0.15) is 5.82 Å². The minimum atomic E-state index is -0.376. The van der Waals surface area contributed by atoms with Crippen LogP contribution in [0.15, 0.2) is 35.5 Å². The number of carbonyl (C=O) groups is 1. The Morgan fingerprint density at radius 1 is 1.26 bits per heavy atom. The maximum atomic E-state index is 13.5. The molecule has 8 heteroatoms. The molecule has 0 spiro atoms. The molecule has 0 unspecified atom stereocenters. The van der Waals surface area contributed by atoms with Gasteiger partial charge in [0.2, 0.25) is 0 Å². The molecule has 0 aliphatic heterocycles. The van der Waals surface area contributed by atoms with Gasteiger partial charge in [0.15, 0.2) is 18.1 Å². The number of amides is 1. The van der Waals surface area contributed by atoms with Crippen LogP contribution in [0.1, 0.15) is 16.7 Å². The molecule has 0 saturated heterocycles. The SMILES string of the molecule is COc1cc(/C=N/OCC(=O)NCc2ccc(C)c(F)c2)cc(Cl)c1OC. The molecular weight excluding hydrogens is 375 g/mol. The topological polar surface area (TPSA) is 69.2 Å². The number of nitrogens with zero attached hydrogens (tertiary/aromatic N) is 1. The molecule has 1 amide bonds. The Bertz CT molecular complexity index is 843. The molecule has 1 N–H and O–H groups in total. The van der Waals surface area contributed by atoms with Gasteiger partial charge in [-0.1, -0.05) is 28.9 Å². The van der Waals surface area contributed by atoms with Gasteiger partial charge in [-0.3, -0.25) is 4.79 Å². The summed E-state index contributed by atoms with van der Waals surface area (Å²) in [4.78, 5) is 16.7. The van der Waals surface area contributed by atoms with Crippen molar-refractivity contribution in [3.8, 4) is 11.5 Å². The van der Waals surface area contributed by atoms with E-state index in [1.807, 2.05) is 0 Å². The molecule has 0 radical (unpaired) electrons. The lowest BCUT2D eigenvalue weighted by Gasteiger charge is -2.09. The molecule has 0 aromatic heterocycles. The van der Waals surface area contributed by atoms with Crippen LogP contribution in [0.4, 0.5) is 4.39 Å². The van der Waals surface area contributed by atoms with Crippen molar-refractivity contribution in [2.45, 2.75) is 13.5 Å². The molecule has 0 atom stereocenters. The van der Waals surface area contributed by atoms with E-state index in [2.05, 4.69) is 10.5 Å². The number of oxime groups is 1. The van der Waals surface area contributed by atoms with Crippen LogP contribution in [0.3, 0.4) is 0 Å². The lowest BCUT2D eigenvalue weighted by molar-refractivity contribution is -0.125. The number of halogens is 2. The van der Waals surface area contributed by atoms with Crippen LogP contribution in [-0.4, -0.2) is 32.9 Å². The maximum Gasteiger partial charge on any atom is 0.261 e. The van der Waals surface area contributed by atoms with Gasteiger partial charge in [-0.15, -0.1) is 0 Å². The Labute approximate surface area is 161 Å². The minimum Gasteiger partial charge on any atom is -0.493 e. The highest BCUT2D eigenvalue weighted by molar-refractivity contribution is 6.32. The van der Waals surface area contributed by atoms with Gasteiger partial charge in [0.05, 0.1) is 25.5 Å². The molecule has 0 bridgehead atoms. The Hall–Kier alpha value is -2.80. The predicted octanol–water partition coefficient (Wildman–Crippen LogP) is 3.47. The van der Waals surface area contributed by atoms with E-state index in [-0.39, 0.29) is 24.9 Å². The summed E-state index contributed by atoms with van der Waals surface area (Å²) in [5.74, 6) is 0.188. The predicted molar refractivity (Wildman–Crippen MR) is 101 cm³/mol. The van der Waals surface area contributed by atoms with Gasteiger partial charge in [0, 0.05) is 12.1 Å². The number of rotatable bonds is 8. The maximum absolute atomic E-state index is 13.5. The number of benzene rings is 2. The molecule has 0 saturated carbocycles. The standard InChI is InChI=1S/C19H20ClFN2O4/c1-12-4-5-13(7-16(12)21)9-22-18(24)11-27-23-10-14-6-15(20)19(26-3)17(8-14)25-2/h4-8,10H,9,11H2,1-3H3,(H,22,24)/b23-10+. The van der Waals surface area contributed by atoms with Crippen LogP contribution in [-0.2, 0) is 16.2 Å². The minimum absolute atomic E-state index is 0.203. The number of aryl methyl sites for hydroxylation is 1. The van der Waals surface area contributed by atoms with Gasteiger partial charge < -0.3 is 19.6 Å².